The van der Waals surface area contributed by atoms with Crippen LogP contribution in [-0.4, -0.2) is 18.7 Å². The highest BCUT2D eigenvalue weighted by Crippen LogP contribution is 2.44. The van der Waals surface area contributed by atoms with Crippen LogP contribution in [0.2, 0.25) is 0 Å². The van der Waals surface area contributed by atoms with E-state index in [2.05, 4.69) is 53.8 Å². The van der Waals surface area contributed by atoms with Crippen molar-refractivity contribution in [2.24, 2.45) is 0 Å². The second-order valence-electron chi connectivity index (χ2n) is 7.16. The van der Waals surface area contributed by atoms with Crippen molar-refractivity contribution in [1.29, 1.82) is 0 Å². The number of hydrogen-bond acceptors (Lipinski definition) is 2. The number of alkyl carbamates (subject to hydrolysis) is 1. The van der Waals surface area contributed by atoms with Gasteiger partial charge < -0.3 is 10.1 Å². The highest BCUT2D eigenvalue weighted by Gasteiger charge is 2.29. The van der Waals surface area contributed by atoms with E-state index in [0.717, 1.165) is 12.8 Å². The maximum Gasteiger partial charge on any atom is 0.407 e. The molecule has 1 saturated carbocycles. The summed E-state index contributed by atoms with van der Waals surface area (Å²) in [5.74, 6) is 0.132. The van der Waals surface area contributed by atoms with Crippen LogP contribution in [0.25, 0.3) is 11.1 Å². The van der Waals surface area contributed by atoms with Crippen molar-refractivity contribution in [3.8, 4) is 11.1 Å². The van der Waals surface area contributed by atoms with Crippen LogP contribution in [0.5, 0.6) is 0 Å². The van der Waals surface area contributed by atoms with Gasteiger partial charge in [0.25, 0.3) is 0 Å². The lowest BCUT2D eigenvalue weighted by Gasteiger charge is -2.18. The number of carbonyl (C=O) groups excluding carboxylic acids is 1. The number of benzene rings is 2. The molecule has 1 fully saturated rings. The maximum atomic E-state index is 12.3. The lowest BCUT2D eigenvalue weighted by molar-refractivity contribution is 0.138. The summed E-state index contributed by atoms with van der Waals surface area (Å²) in [5.41, 5.74) is 5.03. The molecule has 0 atom stereocenters. The third-order valence-corrected chi connectivity index (χ3v) is 5.52. The smallest absolute Gasteiger partial charge is 0.407 e. The average molecular weight is 335 g/mol. The fourth-order valence-electron chi connectivity index (χ4n) is 4.23. The fourth-order valence-corrected chi connectivity index (χ4v) is 4.23. The van der Waals surface area contributed by atoms with Gasteiger partial charge in [0.1, 0.15) is 6.61 Å². The molecule has 0 bridgehead atoms. The molecular weight excluding hydrogens is 310 g/mol. The molecule has 1 amide bonds. The minimum Gasteiger partial charge on any atom is -0.449 e. The van der Waals surface area contributed by atoms with Crippen molar-refractivity contribution in [2.75, 3.05) is 6.61 Å². The first-order chi connectivity index (χ1) is 12.3. The van der Waals surface area contributed by atoms with Crippen LogP contribution < -0.4 is 5.32 Å². The number of carbonyl (C=O) groups is 1. The number of amides is 1. The van der Waals surface area contributed by atoms with Gasteiger partial charge in [-0.1, -0.05) is 74.2 Å². The third kappa shape index (κ3) is 3.41. The molecule has 2 aromatic carbocycles. The van der Waals surface area contributed by atoms with Crippen molar-refractivity contribution in [1.82, 2.24) is 5.32 Å². The SMILES string of the molecule is O=C(NC1CCCCCC1)OCC1c2ccccc2-c2ccccc21. The summed E-state index contributed by atoms with van der Waals surface area (Å²) in [6.45, 7) is 0.395. The molecule has 0 radical (unpaired) electrons. The Labute approximate surface area is 149 Å². The van der Waals surface area contributed by atoms with Gasteiger partial charge in [-0.25, -0.2) is 4.79 Å². The Kier molecular flexibility index (Phi) is 4.73. The second-order valence-corrected chi connectivity index (χ2v) is 7.16. The van der Waals surface area contributed by atoms with Crippen molar-refractivity contribution in [2.45, 2.75) is 50.5 Å². The number of ether oxygens (including phenoxy) is 1. The molecule has 1 N–H and O–H groups in total. The van der Waals surface area contributed by atoms with Gasteiger partial charge in [-0.15, -0.1) is 0 Å². The van der Waals surface area contributed by atoms with Gasteiger partial charge in [-0.05, 0) is 35.1 Å². The Hall–Kier alpha value is -2.29. The van der Waals surface area contributed by atoms with Gasteiger partial charge in [0.05, 0.1) is 0 Å². The molecular formula is C22H25NO2. The molecule has 4 rings (SSSR count). The van der Waals surface area contributed by atoms with E-state index in [1.165, 1.54) is 47.9 Å². The number of nitrogens with one attached hydrogen (secondary N) is 1. The zero-order valence-corrected chi connectivity index (χ0v) is 14.5. The largest absolute Gasteiger partial charge is 0.449 e. The summed E-state index contributed by atoms with van der Waals surface area (Å²) >= 11 is 0. The second kappa shape index (κ2) is 7.30. The summed E-state index contributed by atoms with van der Waals surface area (Å²) in [6, 6.07) is 17.1. The van der Waals surface area contributed by atoms with Gasteiger partial charge in [0.2, 0.25) is 0 Å². The van der Waals surface area contributed by atoms with E-state index in [0.29, 0.717) is 6.61 Å². The van der Waals surface area contributed by atoms with Crippen LogP contribution >= 0.6 is 0 Å². The molecule has 3 nitrogen and oxygen atoms in total. The van der Waals surface area contributed by atoms with Crippen molar-refractivity contribution < 1.29 is 9.53 Å². The first kappa shape index (κ1) is 16.2. The molecule has 0 aliphatic heterocycles. The van der Waals surface area contributed by atoms with Gasteiger partial charge in [-0.2, -0.15) is 0 Å². The molecule has 0 heterocycles. The van der Waals surface area contributed by atoms with E-state index in [-0.39, 0.29) is 18.1 Å². The van der Waals surface area contributed by atoms with Crippen LogP contribution in [-0.2, 0) is 4.74 Å². The maximum absolute atomic E-state index is 12.3. The minimum absolute atomic E-state index is 0.132. The summed E-state index contributed by atoms with van der Waals surface area (Å²) in [6.07, 6.45) is 6.84. The Morgan fingerprint density at radius 1 is 0.880 bits per heavy atom. The Bertz CT molecular complexity index is 702. The molecule has 0 saturated heterocycles. The van der Waals surface area contributed by atoms with Crippen LogP contribution in [0.3, 0.4) is 0 Å². The monoisotopic (exact) mass is 335 g/mol. The minimum atomic E-state index is -0.270. The molecule has 2 aliphatic carbocycles. The average Bonchev–Trinajstić information content (AvgIpc) is 2.77. The highest BCUT2D eigenvalue weighted by molar-refractivity contribution is 5.79. The summed E-state index contributed by atoms with van der Waals surface area (Å²) in [7, 11) is 0. The topological polar surface area (TPSA) is 38.3 Å². The molecule has 0 unspecified atom stereocenters. The quantitative estimate of drug-likeness (QED) is 0.778. The lowest BCUT2D eigenvalue weighted by atomic mass is 9.98. The highest BCUT2D eigenvalue weighted by atomic mass is 16.5. The molecule has 2 aromatic rings. The van der Waals surface area contributed by atoms with E-state index in [4.69, 9.17) is 4.74 Å². The molecule has 130 valence electrons. The fraction of sp³-hybridized carbons (Fsp3) is 0.409. The van der Waals surface area contributed by atoms with Gasteiger partial charge in [0, 0.05) is 12.0 Å². The predicted octanol–water partition coefficient (Wildman–Crippen LogP) is 5.25. The van der Waals surface area contributed by atoms with Crippen molar-refractivity contribution in [3.05, 3.63) is 59.7 Å². The van der Waals surface area contributed by atoms with Crippen LogP contribution in [0, 0.1) is 0 Å². The van der Waals surface area contributed by atoms with Crippen LogP contribution in [0.1, 0.15) is 55.6 Å². The van der Waals surface area contributed by atoms with Crippen LogP contribution in [0.15, 0.2) is 48.5 Å². The summed E-state index contributed by atoms with van der Waals surface area (Å²) < 4.78 is 5.63. The van der Waals surface area contributed by atoms with E-state index in [1.807, 2.05) is 0 Å². The molecule has 3 heteroatoms. The van der Waals surface area contributed by atoms with Crippen molar-refractivity contribution >= 4 is 6.09 Å². The molecule has 0 aromatic heterocycles. The summed E-state index contributed by atoms with van der Waals surface area (Å²) in [5, 5.41) is 3.07. The molecule has 2 aliphatic rings. The zero-order valence-electron chi connectivity index (χ0n) is 14.5. The number of fused-ring (bicyclic) bond motifs is 3. The van der Waals surface area contributed by atoms with E-state index >= 15 is 0 Å². The Morgan fingerprint density at radius 3 is 2.04 bits per heavy atom. The van der Waals surface area contributed by atoms with Gasteiger partial charge >= 0.3 is 6.09 Å². The Balaban J connectivity index is 1.43. The first-order valence-corrected chi connectivity index (χ1v) is 9.44. The van der Waals surface area contributed by atoms with Crippen LogP contribution in [0.4, 0.5) is 4.79 Å². The van der Waals surface area contributed by atoms with E-state index in [9.17, 15) is 4.79 Å². The van der Waals surface area contributed by atoms with E-state index in [1.54, 1.807) is 0 Å². The number of rotatable bonds is 3. The predicted molar refractivity (Wildman–Crippen MR) is 99.7 cm³/mol. The van der Waals surface area contributed by atoms with Gasteiger partial charge in [-0.3, -0.25) is 0 Å². The Morgan fingerprint density at radius 2 is 1.44 bits per heavy atom. The zero-order chi connectivity index (χ0) is 17.1. The first-order valence-electron chi connectivity index (χ1n) is 9.44. The molecule has 25 heavy (non-hydrogen) atoms. The van der Waals surface area contributed by atoms with Crippen molar-refractivity contribution in [3.63, 3.8) is 0 Å². The third-order valence-electron chi connectivity index (χ3n) is 5.52. The summed E-state index contributed by atoms with van der Waals surface area (Å²) in [4.78, 5) is 12.3. The van der Waals surface area contributed by atoms with Gasteiger partial charge in [0.15, 0.2) is 0 Å². The normalized spacial score (nSPS) is 17.4. The molecule has 0 spiro atoms. The standard InChI is InChI=1S/C22H25NO2/c24-22(23-16-9-3-1-2-4-10-16)25-15-21-19-13-7-5-11-17(19)18-12-6-8-14-20(18)21/h5-8,11-14,16,21H,1-4,9-10,15H2,(H,23,24). The number of hydrogen-bond donors (Lipinski definition) is 1. The van der Waals surface area contributed by atoms with E-state index < -0.39 is 0 Å². The lowest BCUT2D eigenvalue weighted by Crippen LogP contribution is -2.35.